The minimum absolute atomic E-state index is 0.729. The van der Waals surface area contributed by atoms with E-state index in [0.717, 1.165) is 25.4 Å². The van der Waals surface area contributed by atoms with E-state index in [9.17, 15) is 0 Å². The Labute approximate surface area is 122 Å². The summed E-state index contributed by atoms with van der Waals surface area (Å²) in [4.78, 5) is 0. The quantitative estimate of drug-likeness (QED) is 0.798. The van der Waals surface area contributed by atoms with Crippen LogP contribution < -0.4 is 5.32 Å². The molecule has 6 heteroatoms. The molecule has 2 rings (SSSR count). The van der Waals surface area contributed by atoms with Gasteiger partial charge in [0, 0.05) is 32.8 Å². The van der Waals surface area contributed by atoms with Gasteiger partial charge in [-0.15, -0.1) is 11.3 Å². The fraction of sp³-hybridized carbons (Fsp3) is 0.462. The van der Waals surface area contributed by atoms with Crippen molar-refractivity contribution in [3.8, 4) is 0 Å². The minimum Gasteiger partial charge on any atom is -0.383 e. The van der Waals surface area contributed by atoms with Crippen molar-refractivity contribution in [1.82, 2.24) is 15.1 Å². The van der Waals surface area contributed by atoms with Crippen molar-refractivity contribution < 1.29 is 4.74 Å². The molecule has 0 aliphatic heterocycles. The Morgan fingerprint density at radius 3 is 3.05 bits per heavy atom. The van der Waals surface area contributed by atoms with Gasteiger partial charge >= 0.3 is 0 Å². The molecule has 104 valence electrons. The maximum atomic E-state index is 5.04. The molecular formula is C13H19N3OS2. The van der Waals surface area contributed by atoms with E-state index < -0.39 is 0 Å². The van der Waals surface area contributed by atoms with Gasteiger partial charge in [0.25, 0.3) is 0 Å². The summed E-state index contributed by atoms with van der Waals surface area (Å²) in [6, 6.07) is 4.21. The molecule has 2 heterocycles. The fourth-order valence-corrected chi connectivity index (χ4v) is 3.71. The van der Waals surface area contributed by atoms with Crippen LogP contribution in [-0.2, 0) is 18.3 Å². The minimum atomic E-state index is 0.729. The first-order valence-corrected chi connectivity index (χ1v) is 7.85. The third-order valence-corrected chi connectivity index (χ3v) is 5.01. The maximum absolute atomic E-state index is 5.04. The highest BCUT2D eigenvalue weighted by atomic mass is 32.2. The highest BCUT2D eigenvalue weighted by Crippen LogP contribution is 2.34. The van der Waals surface area contributed by atoms with E-state index in [1.54, 1.807) is 30.2 Å². The summed E-state index contributed by atoms with van der Waals surface area (Å²) in [7, 11) is 3.72. The van der Waals surface area contributed by atoms with Crippen molar-refractivity contribution >= 4 is 23.1 Å². The van der Waals surface area contributed by atoms with Crippen LogP contribution >= 0.6 is 23.1 Å². The number of hydrogen-bond donors (Lipinski definition) is 1. The normalized spacial score (nSPS) is 11.1. The van der Waals surface area contributed by atoms with Crippen LogP contribution in [0.4, 0.5) is 0 Å². The third kappa shape index (κ3) is 3.82. The molecule has 2 aromatic heterocycles. The van der Waals surface area contributed by atoms with E-state index >= 15 is 0 Å². The van der Waals surface area contributed by atoms with Crippen molar-refractivity contribution in [2.75, 3.05) is 20.3 Å². The molecule has 4 nitrogen and oxygen atoms in total. The molecule has 2 aromatic rings. The van der Waals surface area contributed by atoms with E-state index in [1.807, 2.05) is 11.7 Å². The molecule has 0 aromatic carbocycles. The smallest absolute Gasteiger partial charge is 0.104 e. The molecule has 0 saturated carbocycles. The lowest BCUT2D eigenvalue weighted by molar-refractivity contribution is 0.199. The third-order valence-electron chi connectivity index (χ3n) is 2.77. The molecule has 0 bridgehead atoms. The van der Waals surface area contributed by atoms with Gasteiger partial charge in [-0.1, -0.05) is 17.8 Å². The van der Waals surface area contributed by atoms with Gasteiger partial charge in [0.1, 0.15) is 5.03 Å². The van der Waals surface area contributed by atoms with E-state index in [4.69, 9.17) is 4.74 Å². The van der Waals surface area contributed by atoms with Crippen LogP contribution in [0.2, 0.25) is 0 Å². The number of ether oxygens (including phenoxy) is 1. The number of methoxy groups -OCH3 is 1. The topological polar surface area (TPSA) is 39.1 Å². The van der Waals surface area contributed by atoms with Gasteiger partial charge in [0.2, 0.25) is 0 Å². The highest BCUT2D eigenvalue weighted by molar-refractivity contribution is 8.01. The number of hydrogen-bond acceptors (Lipinski definition) is 5. The molecule has 19 heavy (non-hydrogen) atoms. The van der Waals surface area contributed by atoms with Gasteiger partial charge in [-0.25, -0.2) is 0 Å². The Morgan fingerprint density at radius 2 is 2.37 bits per heavy atom. The summed E-state index contributed by atoms with van der Waals surface area (Å²) in [6.45, 7) is 4.48. The van der Waals surface area contributed by atoms with Crippen molar-refractivity contribution in [2.24, 2.45) is 7.05 Å². The van der Waals surface area contributed by atoms with Gasteiger partial charge < -0.3 is 10.1 Å². The number of aromatic nitrogens is 2. The van der Waals surface area contributed by atoms with E-state index in [2.05, 4.69) is 34.9 Å². The predicted molar refractivity (Wildman–Crippen MR) is 80.0 cm³/mol. The van der Waals surface area contributed by atoms with Crippen LogP contribution in [0.15, 0.2) is 26.7 Å². The summed E-state index contributed by atoms with van der Waals surface area (Å²) in [6.07, 6.45) is 0. The SMILES string of the molecule is COCCNCc1c(C)nn(C)c1Sc1cccs1. The Hall–Kier alpha value is -0.820. The lowest BCUT2D eigenvalue weighted by Gasteiger charge is -2.06. The number of nitrogens with one attached hydrogen (secondary N) is 1. The summed E-state index contributed by atoms with van der Waals surface area (Å²) in [5.74, 6) is 0. The van der Waals surface area contributed by atoms with Gasteiger partial charge in [-0.2, -0.15) is 5.10 Å². The van der Waals surface area contributed by atoms with Gasteiger partial charge in [0.05, 0.1) is 16.5 Å². The summed E-state index contributed by atoms with van der Waals surface area (Å²) in [5, 5.41) is 11.2. The lowest BCUT2D eigenvalue weighted by Crippen LogP contribution is -2.19. The highest BCUT2D eigenvalue weighted by Gasteiger charge is 2.14. The molecule has 0 unspecified atom stereocenters. The first-order chi connectivity index (χ1) is 9.22. The monoisotopic (exact) mass is 297 g/mol. The molecule has 0 amide bonds. The van der Waals surface area contributed by atoms with E-state index in [0.29, 0.717) is 0 Å². The maximum Gasteiger partial charge on any atom is 0.104 e. The van der Waals surface area contributed by atoms with Crippen molar-refractivity contribution in [3.05, 3.63) is 28.8 Å². The Bertz CT molecular complexity index is 508. The summed E-state index contributed by atoms with van der Waals surface area (Å²) < 4.78 is 8.30. The molecule has 0 fully saturated rings. The van der Waals surface area contributed by atoms with Crippen molar-refractivity contribution in [3.63, 3.8) is 0 Å². The zero-order valence-electron chi connectivity index (χ0n) is 11.5. The van der Waals surface area contributed by atoms with Crippen LogP contribution in [0.25, 0.3) is 0 Å². The molecule has 0 atom stereocenters. The molecular weight excluding hydrogens is 278 g/mol. The standard InChI is InChI=1S/C13H19N3OS2/c1-10-11(9-14-6-7-17-3)13(16(2)15-10)19-12-5-4-8-18-12/h4-5,8,14H,6-7,9H2,1-3H3. The van der Waals surface area contributed by atoms with Crippen molar-refractivity contribution in [1.29, 1.82) is 0 Å². The van der Waals surface area contributed by atoms with E-state index in [-0.39, 0.29) is 0 Å². The average molecular weight is 297 g/mol. The molecule has 0 aliphatic rings. The largest absolute Gasteiger partial charge is 0.383 e. The fourth-order valence-electron chi connectivity index (χ4n) is 1.82. The van der Waals surface area contributed by atoms with Crippen LogP contribution in [0.1, 0.15) is 11.3 Å². The van der Waals surface area contributed by atoms with E-state index in [1.165, 1.54) is 14.8 Å². The molecule has 0 saturated heterocycles. The number of thiophene rings is 1. The number of nitrogens with zero attached hydrogens (tertiary/aromatic N) is 2. The zero-order valence-corrected chi connectivity index (χ0v) is 13.1. The zero-order chi connectivity index (χ0) is 13.7. The van der Waals surface area contributed by atoms with Gasteiger partial charge in [-0.3, -0.25) is 4.68 Å². The molecule has 0 spiro atoms. The second-order valence-electron chi connectivity index (χ2n) is 4.20. The molecule has 0 radical (unpaired) electrons. The number of rotatable bonds is 7. The van der Waals surface area contributed by atoms with Crippen LogP contribution in [0.5, 0.6) is 0 Å². The molecule has 0 aliphatic carbocycles. The van der Waals surface area contributed by atoms with Gasteiger partial charge in [-0.05, 0) is 18.4 Å². The van der Waals surface area contributed by atoms with Crippen LogP contribution in [-0.4, -0.2) is 30.0 Å². The van der Waals surface area contributed by atoms with Crippen LogP contribution in [0.3, 0.4) is 0 Å². The van der Waals surface area contributed by atoms with Gasteiger partial charge in [0.15, 0.2) is 0 Å². The van der Waals surface area contributed by atoms with Crippen LogP contribution in [0, 0.1) is 6.92 Å². The second kappa shape index (κ2) is 7.09. The Kier molecular flexibility index (Phi) is 5.45. The first kappa shape index (κ1) is 14.6. The van der Waals surface area contributed by atoms with Crippen molar-refractivity contribution in [2.45, 2.75) is 22.7 Å². The summed E-state index contributed by atoms with van der Waals surface area (Å²) in [5.41, 5.74) is 2.36. The summed E-state index contributed by atoms with van der Waals surface area (Å²) >= 11 is 3.54. The first-order valence-electron chi connectivity index (χ1n) is 6.16. The lowest BCUT2D eigenvalue weighted by atomic mass is 10.2. The second-order valence-corrected chi connectivity index (χ2v) is 6.43. The Morgan fingerprint density at radius 1 is 1.53 bits per heavy atom. The average Bonchev–Trinajstić information content (AvgIpc) is 2.97. The predicted octanol–water partition coefficient (Wildman–Crippen LogP) is 2.68. The number of aryl methyl sites for hydroxylation is 2. The Balaban J connectivity index is 2.08. The molecule has 1 N–H and O–H groups in total.